The predicted octanol–water partition coefficient (Wildman–Crippen LogP) is 1.78. The molecule has 0 saturated carbocycles. The quantitative estimate of drug-likeness (QED) is 0.662. The van der Waals surface area contributed by atoms with Crippen LogP contribution in [0.5, 0.6) is 0 Å². The first kappa shape index (κ1) is 11.2. The molecule has 1 atom stereocenters. The lowest BCUT2D eigenvalue weighted by Crippen LogP contribution is -2.31. The van der Waals surface area contributed by atoms with Crippen LogP contribution in [0.25, 0.3) is 0 Å². The molecule has 0 aliphatic carbocycles. The van der Waals surface area contributed by atoms with Crippen LogP contribution in [0.15, 0.2) is 0 Å². The Kier molecular flexibility index (Phi) is 3.98. The fraction of sp³-hybridized carbons (Fsp3) is 1.00. The lowest BCUT2D eigenvalue weighted by atomic mass is 10.2. The molecule has 0 spiro atoms. The normalized spacial score (nSPS) is 22.2. The van der Waals surface area contributed by atoms with Gasteiger partial charge < -0.3 is 14.2 Å². The van der Waals surface area contributed by atoms with E-state index in [-0.39, 0.29) is 17.3 Å². The number of hydrogen-bond donors (Lipinski definition) is 0. The largest absolute Gasteiger partial charge is 0.374 e. The van der Waals surface area contributed by atoms with E-state index in [9.17, 15) is 0 Å². The van der Waals surface area contributed by atoms with Crippen LogP contribution in [0.3, 0.4) is 0 Å². The summed E-state index contributed by atoms with van der Waals surface area (Å²) in [6, 6.07) is 0. The molecule has 4 heteroatoms. The number of hydrogen-bond acceptors (Lipinski definition) is 3. The minimum Gasteiger partial charge on any atom is -0.374 e. The Balaban J connectivity index is 2.20. The summed E-state index contributed by atoms with van der Waals surface area (Å²) >= 11 is 6.02. The van der Waals surface area contributed by atoms with Crippen LogP contribution >= 0.6 is 11.6 Å². The first-order valence-corrected chi connectivity index (χ1v) is 4.94. The fourth-order valence-corrected chi connectivity index (χ4v) is 1.20. The third kappa shape index (κ3) is 4.27. The first-order chi connectivity index (χ1) is 5.99. The molecule has 3 nitrogen and oxygen atoms in total. The second kappa shape index (κ2) is 4.60. The maximum absolute atomic E-state index is 6.02. The second-order valence-corrected chi connectivity index (χ2v) is 4.61. The maximum atomic E-state index is 6.02. The topological polar surface area (TPSA) is 27.7 Å². The molecule has 1 heterocycles. The average Bonchev–Trinajstić information content (AvgIpc) is 2.50. The van der Waals surface area contributed by atoms with Crippen LogP contribution < -0.4 is 0 Å². The van der Waals surface area contributed by atoms with Gasteiger partial charge in [-0.1, -0.05) is 0 Å². The van der Waals surface area contributed by atoms with Gasteiger partial charge in [0.05, 0.1) is 25.4 Å². The van der Waals surface area contributed by atoms with Gasteiger partial charge in [-0.15, -0.1) is 11.6 Å². The van der Waals surface area contributed by atoms with Crippen LogP contribution in [0.4, 0.5) is 0 Å². The van der Waals surface area contributed by atoms with Gasteiger partial charge >= 0.3 is 0 Å². The van der Waals surface area contributed by atoms with Gasteiger partial charge in [0, 0.05) is 0 Å². The van der Waals surface area contributed by atoms with E-state index < -0.39 is 0 Å². The van der Waals surface area contributed by atoms with Crippen molar-refractivity contribution in [1.29, 1.82) is 0 Å². The van der Waals surface area contributed by atoms with Crippen molar-refractivity contribution in [2.24, 2.45) is 0 Å². The average molecular weight is 209 g/mol. The monoisotopic (exact) mass is 208 g/mol. The van der Waals surface area contributed by atoms with Gasteiger partial charge in [-0.05, 0) is 20.8 Å². The zero-order valence-corrected chi connectivity index (χ0v) is 9.13. The SMILES string of the molecule is CC(C)(C)OC[C@H](Cl)C1OCCO1. The molecular weight excluding hydrogens is 192 g/mol. The summed E-state index contributed by atoms with van der Waals surface area (Å²) < 4.78 is 16.0. The molecule has 0 radical (unpaired) electrons. The molecule has 0 aromatic carbocycles. The van der Waals surface area contributed by atoms with E-state index in [1.165, 1.54) is 0 Å². The zero-order valence-electron chi connectivity index (χ0n) is 8.38. The molecule has 1 fully saturated rings. The molecule has 78 valence electrons. The molecular formula is C9H17ClO3. The highest BCUT2D eigenvalue weighted by molar-refractivity contribution is 6.21. The molecule has 0 aromatic rings. The summed E-state index contributed by atoms with van der Waals surface area (Å²) in [5, 5.41) is -0.221. The molecule has 0 aromatic heterocycles. The van der Waals surface area contributed by atoms with E-state index >= 15 is 0 Å². The fourth-order valence-electron chi connectivity index (χ4n) is 0.994. The van der Waals surface area contributed by atoms with Crippen LogP contribution in [-0.4, -0.2) is 37.1 Å². The van der Waals surface area contributed by atoms with Gasteiger partial charge in [0.25, 0.3) is 0 Å². The van der Waals surface area contributed by atoms with Crippen LogP contribution in [0.2, 0.25) is 0 Å². The minimum atomic E-state index is -0.302. The van der Waals surface area contributed by atoms with Crippen molar-refractivity contribution in [3.8, 4) is 0 Å². The Labute approximate surface area is 84.3 Å². The van der Waals surface area contributed by atoms with E-state index in [1.807, 2.05) is 20.8 Å². The Bertz CT molecular complexity index is 149. The summed E-state index contributed by atoms with van der Waals surface area (Å²) in [5.41, 5.74) is -0.161. The van der Waals surface area contributed by atoms with Gasteiger partial charge in [0.15, 0.2) is 6.29 Å². The number of rotatable bonds is 3. The van der Waals surface area contributed by atoms with Crippen molar-refractivity contribution >= 4 is 11.6 Å². The summed E-state index contributed by atoms with van der Waals surface area (Å²) in [6.07, 6.45) is -0.302. The van der Waals surface area contributed by atoms with Crippen LogP contribution in [0, 0.1) is 0 Å². The summed E-state index contributed by atoms with van der Waals surface area (Å²) in [5.74, 6) is 0. The van der Waals surface area contributed by atoms with Crippen molar-refractivity contribution in [2.75, 3.05) is 19.8 Å². The molecule has 0 unspecified atom stereocenters. The van der Waals surface area contributed by atoms with Crippen molar-refractivity contribution in [2.45, 2.75) is 38.0 Å². The predicted molar refractivity (Wildman–Crippen MR) is 51.0 cm³/mol. The Morgan fingerprint density at radius 2 is 1.92 bits per heavy atom. The Morgan fingerprint density at radius 1 is 1.38 bits per heavy atom. The van der Waals surface area contributed by atoms with E-state index in [0.717, 1.165) is 0 Å². The lowest BCUT2D eigenvalue weighted by molar-refractivity contribution is -0.0778. The first-order valence-electron chi connectivity index (χ1n) is 4.50. The van der Waals surface area contributed by atoms with E-state index in [2.05, 4.69) is 0 Å². The van der Waals surface area contributed by atoms with Crippen molar-refractivity contribution in [3.05, 3.63) is 0 Å². The standard InChI is InChI=1S/C9H17ClO3/c1-9(2,3)13-6-7(10)8-11-4-5-12-8/h7-8H,4-6H2,1-3H3/t7-/m0/s1. The highest BCUT2D eigenvalue weighted by Gasteiger charge is 2.26. The number of ether oxygens (including phenoxy) is 3. The second-order valence-electron chi connectivity index (χ2n) is 4.05. The van der Waals surface area contributed by atoms with Gasteiger partial charge in [-0.25, -0.2) is 0 Å². The highest BCUT2D eigenvalue weighted by Crippen LogP contribution is 2.17. The summed E-state index contributed by atoms with van der Waals surface area (Å²) in [6.45, 7) is 7.69. The molecule has 0 bridgehead atoms. The maximum Gasteiger partial charge on any atom is 0.176 e. The molecule has 1 aliphatic heterocycles. The smallest absolute Gasteiger partial charge is 0.176 e. The van der Waals surface area contributed by atoms with Crippen molar-refractivity contribution < 1.29 is 14.2 Å². The zero-order chi connectivity index (χ0) is 9.90. The van der Waals surface area contributed by atoms with E-state index in [0.29, 0.717) is 19.8 Å². The third-order valence-corrected chi connectivity index (χ3v) is 1.95. The van der Waals surface area contributed by atoms with Crippen LogP contribution in [0.1, 0.15) is 20.8 Å². The minimum absolute atomic E-state index is 0.161. The lowest BCUT2D eigenvalue weighted by Gasteiger charge is -2.23. The Morgan fingerprint density at radius 3 is 2.38 bits per heavy atom. The summed E-state index contributed by atoms with van der Waals surface area (Å²) in [4.78, 5) is 0. The van der Waals surface area contributed by atoms with Gasteiger partial charge in [0.1, 0.15) is 5.38 Å². The van der Waals surface area contributed by atoms with Crippen molar-refractivity contribution in [1.82, 2.24) is 0 Å². The van der Waals surface area contributed by atoms with E-state index in [4.69, 9.17) is 25.8 Å². The Hall–Kier alpha value is 0.170. The van der Waals surface area contributed by atoms with Gasteiger partial charge in [0.2, 0.25) is 0 Å². The number of alkyl halides is 1. The molecule has 1 saturated heterocycles. The van der Waals surface area contributed by atoms with Crippen LogP contribution in [-0.2, 0) is 14.2 Å². The van der Waals surface area contributed by atoms with Gasteiger partial charge in [-0.2, -0.15) is 0 Å². The molecule has 13 heavy (non-hydrogen) atoms. The molecule has 1 rings (SSSR count). The molecule has 0 amide bonds. The van der Waals surface area contributed by atoms with E-state index in [1.54, 1.807) is 0 Å². The number of halogens is 1. The third-order valence-electron chi connectivity index (χ3n) is 1.62. The summed E-state index contributed by atoms with van der Waals surface area (Å²) in [7, 11) is 0. The van der Waals surface area contributed by atoms with Crippen molar-refractivity contribution in [3.63, 3.8) is 0 Å². The highest BCUT2D eigenvalue weighted by atomic mass is 35.5. The molecule has 1 aliphatic rings. The molecule has 0 N–H and O–H groups in total. The van der Waals surface area contributed by atoms with Gasteiger partial charge in [-0.3, -0.25) is 0 Å².